The zero-order valence-corrected chi connectivity index (χ0v) is 14.5. The van der Waals surface area contributed by atoms with Crippen molar-refractivity contribution in [1.29, 1.82) is 0 Å². The van der Waals surface area contributed by atoms with Gasteiger partial charge in [0.25, 0.3) is 0 Å². The van der Waals surface area contributed by atoms with Crippen molar-refractivity contribution in [3.05, 3.63) is 54.1 Å². The number of hydrogen-bond donors (Lipinski definition) is 0. The fourth-order valence-electron chi connectivity index (χ4n) is 2.84. The van der Waals surface area contributed by atoms with E-state index in [2.05, 4.69) is 0 Å². The SMILES string of the molecule is COc1ccc(OCCS(=O)(=O)N2CCCc3ccccc32)cc1. The van der Waals surface area contributed by atoms with Crippen LogP contribution in [0.15, 0.2) is 48.5 Å². The van der Waals surface area contributed by atoms with Crippen LogP contribution in [0.2, 0.25) is 0 Å². The van der Waals surface area contributed by atoms with E-state index in [9.17, 15) is 8.42 Å². The number of aryl methyl sites for hydroxylation is 1. The highest BCUT2D eigenvalue weighted by atomic mass is 32.2. The molecule has 0 unspecified atom stereocenters. The highest BCUT2D eigenvalue weighted by Gasteiger charge is 2.27. The average Bonchev–Trinajstić information content (AvgIpc) is 2.61. The van der Waals surface area contributed by atoms with Crippen molar-refractivity contribution in [3.8, 4) is 11.5 Å². The van der Waals surface area contributed by atoms with Crippen molar-refractivity contribution in [1.82, 2.24) is 0 Å². The summed E-state index contributed by atoms with van der Waals surface area (Å²) in [7, 11) is -1.80. The maximum absolute atomic E-state index is 12.7. The van der Waals surface area contributed by atoms with Crippen molar-refractivity contribution in [2.24, 2.45) is 0 Å². The Hall–Kier alpha value is -2.21. The molecule has 5 nitrogen and oxygen atoms in total. The predicted molar refractivity (Wildman–Crippen MR) is 94.4 cm³/mol. The standard InChI is InChI=1S/C18H21NO4S/c1-22-16-8-10-17(11-9-16)23-13-14-24(20,21)19-12-4-6-15-5-2-3-7-18(15)19/h2-3,5,7-11H,4,6,12-14H2,1H3. The largest absolute Gasteiger partial charge is 0.497 e. The Morgan fingerprint density at radius 2 is 1.75 bits per heavy atom. The Bertz CT molecular complexity index is 787. The lowest BCUT2D eigenvalue weighted by Gasteiger charge is -2.30. The van der Waals surface area contributed by atoms with Gasteiger partial charge in [0.1, 0.15) is 23.9 Å². The van der Waals surface area contributed by atoms with Crippen LogP contribution in [0.4, 0.5) is 5.69 Å². The van der Waals surface area contributed by atoms with E-state index in [-0.39, 0.29) is 12.4 Å². The quantitative estimate of drug-likeness (QED) is 0.806. The molecule has 2 aromatic carbocycles. The van der Waals surface area contributed by atoms with Gasteiger partial charge in [-0.3, -0.25) is 4.31 Å². The molecule has 0 spiro atoms. The Morgan fingerprint density at radius 3 is 2.50 bits per heavy atom. The van der Waals surface area contributed by atoms with Crippen molar-refractivity contribution in [3.63, 3.8) is 0 Å². The van der Waals surface area contributed by atoms with Gasteiger partial charge in [0.2, 0.25) is 10.0 Å². The molecule has 0 aliphatic carbocycles. The van der Waals surface area contributed by atoms with Crippen molar-refractivity contribution in [2.45, 2.75) is 12.8 Å². The normalized spacial score (nSPS) is 14.1. The smallest absolute Gasteiger partial charge is 0.238 e. The molecule has 1 heterocycles. The average molecular weight is 347 g/mol. The third-order valence-electron chi connectivity index (χ3n) is 4.07. The van der Waals surface area contributed by atoms with Crippen LogP contribution in [0, 0.1) is 0 Å². The third kappa shape index (κ3) is 3.64. The van der Waals surface area contributed by atoms with Crippen LogP contribution in [0.25, 0.3) is 0 Å². The third-order valence-corrected chi connectivity index (χ3v) is 5.81. The summed E-state index contributed by atoms with van der Waals surface area (Å²) in [6.45, 7) is 0.648. The van der Waals surface area contributed by atoms with Crippen LogP contribution in [0.1, 0.15) is 12.0 Å². The van der Waals surface area contributed by atoms with E-state index in [1.807, 2.05) is 24.3 Å². The van der Waals surface area contributed by atoms with Crippen molar-refractivity contribution < 1.29 is 17.9 Å². The maximum Gasteiger partial charge on any atom is 0.238 e. The molecule has 128 valence electrons. The molecule has 0 saturated carbocycles. The van der Waals surface area contributed by atoms with Gasteiger partial charge in [0.15, 0.2) is 0 Å². The van der Waals surface area contributed by atoms with Crippen molar-refractivity contribution in [2.75, 3.05) is 30.3 Å². The fourth-order valence-corrected chi connectivity index (χ4v) is 4.23. The molecule has 24 heavy (non-hydrogen) atoms. The van der Waals surface area contributed by atoms with Crippen molar-refractivity contribution >= 4 is 15.7 Å². The van der Waals surface area contributed by atoms with Gasteiger partial charge in [-0.05, 0) is 48.7 Å². The van der Waals surface area contributed by atoms with Gasteiger partial charge < -0.3 is 9.47 Å². The molecule has 0 atom stereocenters. The molecule has 1 aliphatic heterocycles. The van der Waals surface area contributed by atoms with Crippen LogP contribution in [0.5, 0.6) is 11.5 Å². The van der Waals surface area contributed by atoms with Crippen LogP contribution in [-0.4, -0.2) is 34.4 Å². The lowest BCUT2D eigenvalue weighted by molar-refractivity contribution is 0.339. The van der Waals surface area contributed by atoms with E-state index in [1.165, 1.54) is 4.31 Å². The lowest BCUT2D eigenvalue weighted by Crippen LogP contribution is -2.38. The van der Waals surface area contributed by atoms with E-state index in [4.69, 9.17) is 9.47 Å². The number of rotatable bonds is 6. The van der Waals surface area contributed by atoms with E-state index >= 15 is 0 Å². The Balaban J connectivity index is 1.64. The minimum absolute atomic E-state index is 0.0483. The molecule has 1 aliphatic rings. The first-order chi connectivity index (χ1) is 11.6. The molecular formula is C18H21NO4S. The van der Waals surface area contributed by atoms with E-state index < -0.39 is 10.0 Å². The Morgan fingerprint density at radius 1 is 1.04 bits per heavy atom. The molecule has 6 heteroatoms. The summed E-state index contributed by atoms with van der Waals surface area (Å²) in [5.41, 5.74) is 1.89. The molecule has 0 radical (unpaired) electrons. The van der Waals surface area contributed by atoms with Gasteiger partial charge in [-0.25, -0.2) is 8.42 Å². The van der Waals surface area contributed by atoms with Gasteiger partial charge in [0, 0.05) is 6.54 Å². The van der Waals surface area contributed by atoms with Crippen LogP contribution >= 0.6 is 0 Å². The summed E-state index contributed by atoms with van der Waals surface area (Å²) < 4.78 is 37.5. The van der Waals surface area contributed by atoms with Crippen LogP contribution < -0.4 is 13.8 Å². The van der Waals surface area contributed by atoms with Gasteiger partial charge in [-0.2, -0.15) is 0 Å². The number of hydrogen-bond acceptors (Lipinski definition) is 4. The molecular weight excluding hydrogens is 326 g/mol. The molecule has 3 rings (SSSR count). The van der Waals surface area contributed by atoms with E-state index in [1.54, 1.807) is 31.4 Å². The number of nitrogens with zero attached hydrogens (tertiary/aromatic N) is 1. The minimum Gasteiger partial charge on any atom is -0.497 e. The molecule has 0 bridgehead atoms. The summed E-state index contributed by atoms with van der Waals surface area (Å²) >= 11 is 0. The molecule has 2 aromatic rings. The number of sulfonamides is 1. The second kappa shape index (κ2) is 7.13. The summed E-state index contributed by atoms with van der Waals surface area (Å²) in [6.07, 6.45) is 1.76. The number of ether oxygens (including phenoxy) is 2. The number of methoxy groups -OCH3 is 1. The molecule has 0 N–H and O–H groups in total. The summed E-state index contributed by atoms with van der Waals surface area (Å²) in [6, 6.07) is 14.8. The van der Waals surface area contributed by atoms with Crippen LogP contribution in [0.3, 0.4) is 0 Å². The maximum atomic E-state index is 12.7. The zero-order chi connectivity index (χ0) is 17.0. The lowest BCUT2D eigenvalue weighted by atomic mass is 10.0. The summed E-state index contributed by atoms with van der Waals surface area (Å²) in [5, 5.41) is 0. The monoisotopic (exact) mass is 347 g/mol. The summed E-state index contributed by atoms with van der Waals surface area (Å²) in [5.74, 6) is 1.32. The minimum atomic E-state index is -3.40. The second-order valence-electron chi connectivity index (χ2n) is 5.64. The Labute approximate surface area is 142 Å². The number of anilines is 1. The first-order valence-corrected chi connectivity index (χ1v) is 9.56. The van der Waals surface area contributed by atoms with Gasteiger partial charge in [0.05, 0.1) is 12.8 Å². The molecule has 0 aromatic heterocycles. The highest BCUT2D eigenvalue weighted by molar-refractivity contribution is 7.92. The number of fused-ring (bicyclic) bond motifs is 1. The second-order valence-corrected chi connectivity index (χ2v) is 7.66. The molecule has 0 amide bonds. The molecule has 0 fully saturated rings. The highest BCUT2D eigenvalue weighted by Crippen LogP contribution is 2.29. The number of benzene rings is 2. The Kier molecular flexibility index (Phi) is 4.94. The topological polar surface area (TPSA) is 55.8 Å². The first-order valence-electron chi connectivity index (χ1n) is 7.95. The number of para-hydroxylation sites is 1. The van der Waals surface area contributed by atoms with E-state index in [0.29, 0.717) is 12.3 Å². The van der Waals surface area contributed by atoms with Gasteiger partial charge >= 0.3 is 0 Å². The predicted octanol–water partition coefficient (Wildman–Crippen LogP) is 2.86. The van der Waals surface area contributed by atoms with Crippen LogP contribution in [-0.2, 0) is 16.4 Å². The van der Waals surface area contributed by atoms with E-state index in [0.717, 1.165) is 29.8 Å². The van der Waals surface area contributed by atoms with Gasteiger partial charge in [-0.15, -0.1) is 0 Å². The fraction of sp³-hybridized carbons (Fsp3) is 0.333. The summed E-state index contributed by atoms with van der Waals surface area (Å²) in [4.78, 5) is 0. The molecule has 0 saturated heterocycles. The first kappa shape index (κ1) is 16.6. The zero-order valence-electron chi connectivity index (χ0n) is 13.6. The van der Waals surface area contributed by atoms with Gasteiger partial charge in [-0.1, -0.05) is 18.2 Å².